The van der Waals surface area contributed by atoms with E-state index < -0.39 is 5.91 Å². The van der Waals surface area contributed by atoms with Gasteiger partial charge in [-0.15, -0.1) is 0 Å². The highest BCUT2D eigenvalue weighted by Crippen LogP contribution is 2.21. The summed E-state index contributed by atoms with van der Waals surface area (Å²) in [5, 5.41) is 0. The summed E-state index contributed by atoms with van der Waals surface area (Å²) in [6.45, 7) is 7.40. The van der Waals surface area contributed by atoms with Gasteiger partial charge >= 0.3 is 0 Å². The van der Waals surface area contributed by atoms with Gasteiger partial charge in [-0.3, -0.25) is 9.59 Å². The third-order valence-electron chi connectivity index (χ3n) is 3.57. The van der Waals surface area contributed by atoms with Crippen molar-refractivity contribution in [1.29, 1.82) is 0 Å². The minimum absolute atomic E-state index is 0.173. The van der Waals surface area contributed by atoms with Crippen LogP contribution in [0.5, 0.6) is 0 Å². The fourth-order valence-electron chi connectivity index (χ4n) is 2.36. The molecule has 1 amide bonds. The van der Waals surface area contributed by atoms with Crippen LogP contribution in [0.4, 0.5) is 0 Å². The second-order valence-electron chi connectivity index (χ2n) is 5.26. The number of pyridine rings is 1. The lowest BCUT2D eigenvalue weighted by molar-refractivity contribution is -0.113. The van der Waals surface area contributed by atoms with Crippen molar-refractivity contribution in [3.63, 3.8) is 0 Å². The minimum Gasteiger partial charge on any atom is -0.366 e. The van der Waals surface area contributed by atoms with Crippen molar-refractivity contribution in [3.05, 3.63) is 64.1 Å². The van der Waals surface area contributed by atoms with Crippen LogP contribution in [0.25, 0.3) is 33.3 Å². The molecule has 0 aliphatic carbocycles. The Morgan fingerprint density at radius 3 is 3.04 bits per heavy atom. The number of aromatic nitrogens is 4. The molecule has 3 aromatic rings. The van der Waals surface area contributed by atoms with Crippen LogP contribution in [-0.4, -0.2) is 32.0 Å². The number of H-pyrrole nitrogens is 1. The van der Waals surface area contributed by atoms with E-state index >= 15 is 0 Å². The van der Waals surface area contributed by atoms with Crippen molar-refractivity contribution in [2.75, 3.05) is 6.54 Å². The van der Waals surface area contributed by atoms with Crippen LogP contribution in [0.15, 0.2) is 41.6 Å². The number of hydrogen-bond acceptors (Lipinski definition) is 4. The number of rotatable bonds is 5. The summed E-state index contributed by atoms with van der Waals surface area (Å²) >= 11 is 0. The van der Waals surface area contributed by atoms with E-state index in [1.165, 1.54) is 16.7 Å². The van der Waals surface area contributed by atoms with E-state index in [4.69, 9.17) is 12.3 Å². The molecular weight excluding hydrogens is 320 g/mol. The van der Waals surface area contributed by atoms with Crippen LogP contribution in [0, 0.1) is 6.57 Å². The van der Waals surface area contributed by atoms with E-state index in [0.717, 1.165) is 0 Å². The number of primary amides is 1. The number of nitrogens with one attached hydrogen (secondary N) is 1. The molecule has 0 fully saturated rings. The van der Waals surface area contributed by atoms with Crippen molar-refractivity contribution in [2.45, 2.75) is 6.54 Å². The average molecular weight is 334 g/mol. The van der Waals surface area contributed by atoms with Crippen LogP contribution >= 0.6 is 0 Å². The average Bonchev–Trinajstić information content (AvgIpc) is 3.01. The molecule has 124 valence electrons. The van der Waals surface area contributed by atoms with Gasteiger partial charge in [0.15, 0.2) is 5.65 Å². The summed E-state index contributed by atoms with van der Waals surface area (Å²) in [6.07, 6.45) is 7.76. The molecule has 8 heteroatoms. The first-order valence-corrected chi connectivity index (χ1v) is 7.44. The fraction of sp³-hybridized carbons (Fsp3) is 0.118. The van der Waals surface area contributed by atoms with Gasteiger partial charge in [-0.25, -0.2) is 16.5 Å². The Labute approximate surface area is 142 Å². The number of carbonyl (C=O) groups excluding carboxylic acids is 1. The zero-order chi connectivity index (χ0) is 17.8. The normalized spacial score (nSPS) is 11.0. The maximum atomic E-state index is 11.8. The lowest BCUT2D eigenvalue weighted by Gasteiger charge is -2.05. The van der Waals surface area contributed by atoms with Crippen LogP contribution in [0.1, 0.15) is 5.56 Å². The molecule has 0 radical (unpaired) electrons. The molecule has 0 aliphatic rings. The standard InChI is InChI=1S/C17H14N6O2/c1-19-6-7-23-10-12(3-5-15(23)25)13-9-21-17-16(22-13)11(8-20-17)2-4-14(18)24/h2-5,8-10H,6-7H2,(H2,18,24)(H,20,21)/b4-2+. The van der Waals surface area contributed by atoms with Crippen molar-refractivity contribution >= 4 is 23.1 Å². The van der Waals surface area contributed by atoms with Crippen molar-refractivity contribution in [2.24, 2.45) is 5.73 Å². The second kappa shape index (κ2) is 6.80. The van der Waals surface area contributed by atoms with E-state index in [1.807, 2.05) is 0 Å². The Morgan fingerprint density at radius 2 is 2.28 bits per heavy atom. The zero-order valence-electron chi connectivity index (χ0n) is 13.1. The number of amides is 1. The summed E-state index contributed by atoms with van der Waals surface area (Å²) in [4.78, 5) is 37.9. The SMILES string of the molecule is [C-]#[N+]CCn1cc(-c2cnc3[nH]cc(/C=C/C(N)=O)c3n2)ccc1=O. The number of nitrogens with zero attached hydrogens (tertiary/aromatic N) is 4. The molecule has 0 atom stereocenters. The molecule has 0 saturated heterocycles. The zero-order valence-corrected chi connectivity index (χ0v) is 13.1. The first kappa shape index (κ1) is 16.1. The Hall–Kier alpha value is -3.73. The Morgan fingerprint density at radius 1 is 1.44 bits per heavy atom. The summed E-state index contributed by atoms with van der Waals surface area (Å²) in [6, 6.07) is 3.11. The van der Waals surface area contributed by atoms with Gasteiger partial charge in [0.1, 0.15) is 5.52 Å². The Balaban J connectivity index is 2.04. The molecule has 0 saturated carbocycles. The summed E-state index contributed by atoms with van der Waals surface area (Å²) in [5.41, 5.74) is 8.09. The predicted octanol–water partition coefficient (Wildman–Crippen LogP) is 1.20. The molecule has 3 heterocycles. The highest BCUT2D eigenvalue weighted by atomic mass is 16.1. The molecule has 3 aromatic heterocycles. The Kier molecular flexibility index (Phi) is 4.39. The third-order valence-corrected chi connectivity index (χ3v) is 3.57. The number of hydrogen-bond donors (Lipinski definition) is 2. The number of aromatic amines is 1. The van der Waals surface area contributed by atoms with Crippen LogP contribution < -0.4 is 11.3 Å². The predicted molar refractivity (Wildman–Crippen MR) is 93.3 cm³/mol. The smallest absolute Gasteiger partial charge is 0.250 e. The maximum absolute atomic E-state index is 11.8. The van der Waals surface area contributed by atoms with Crippen LogP contribution in [0.3, 0.4) is 0 Å². The molecule has 3 rings (SSSR count). The monoisotopic (exact) mass is 334 g/mol. The van der Waals surface area contributed by atoms with Crippen LogP contribution in [0.2, 0.25) is 0 Å². The van der Waals surface area contributed by atoms with Gasteiger partial charge in [-0.05, 0) is 12.1 Å². The molecule has 0 bridgehead atoms. The maximum Gasteiger partial charge on any atom is 0.250 e. The summed E-state index contributed by atoms with van der Waals surface area (Å²) < 4.78 is 1.48. The van der Waals surface area contributed by atoms with Crippen molar-refractivity contribution in [1.82, 2.24) is 19.5 Å². The van der Waals surface area contributed by atoms with E-state index in [0.29, 0.717) is 34.5 Å². The molecule has 25 heavy (non-hydrogen) atoms. The minimum atomic E-state index is -0.551. The third kappa shape index (κ3) is 3.45. The Bertz CT molecular complexity index is 1070. The molecule has 0 unspecified atom stereocenters. The molecule has 8 nitrogen and oxygen atoms in total. The first-order chi connectivity index (χ1) is 12.1. The van der Waals surface area contributed by atoms with Crippen molar-refractivity contribution < 1.29 is 4.79 Å². The van der Waals surface area contributed by atoms with Gasteiger partial charge in [-0.1, -0.05) is 0 Å². The first-order valence-electron chi connectivity index (χ1n) is 7.44. The molecule has 3 N–H and O–H groups in total. The molecule has 0 spiro atoms. The number of fused-ring (bicyclic) bond motifs is 1. The van der Waals surface area contributed by atoms with E-state index in [9.17, 15) is 9.59 Å². The highest BCUT2D eigenvalue weighted by molar-refractivity contribution is 5.93. The highest BCUT2D eigenvalue weighted by Gasteiger charge is 2.09. The van der Waals surface area contributed by atoms with E-state index in [-0.39, 0.29) is 12.1 Å². The van der Waals surface area contributed by atoms with Crippen LogP contribution in [-0.2, 0) is 11.3 Å². The number of carbonyl (C=O) groups is 1. The summed E-state index contributed by atoms with van der Waals surface area (Å²) in [5.74, 6) is -0.551. The van der Waals surface area contributed by atoms with Gasteiger partial charge in [0, 0.05) is 35.7 Å². The van der Waals surface area contributed by atoms with Gasteiger partial charge in [0.2, 0.25) is 12.5 Å². The molecule has 0 aliphatic heterocycles. The van der Waals surface area contributed by atoms with E-state index in [2.05, 4.69) is 19.8 Å². The topological polar surface area (TPSA) is 111 Å². The fourth-order valence-corrected chi connectivity index (χ4v) is 2.36. The molecular formula is C17H14N6O2. The van der Waals surface area contributed by atoms with Crippen molar-refractivity contribution in [3.8, 4) is 11.3 Å². The lowest BCUT2D eigenvalue weighted by atomic mass is 10.2. The van der Waals surface area contributed by atoms with Gasteiger partial charge < -0.3 is 20.1 Å². The van der Waals surface area contributed by atoms with Gasteiger partial charge in [0.25, 0.3) is 5.56 Å². The van der Waals surface area contributed by atoms with E-state index in [1.54, 1.807) is 30.7 Å². The largest absolute Gasteiger partial charge is 0.366 e. The van der Waals surface area contributed by atoms with Gasteiger partial charge in [-0.2, -0.15) is 0 Å². The quantitative estimate of drug-likeness (QED) is 0.539. The molecule has 0 aromatic carbocycles. The summed E-state index contributed by atoms with van der Waals surface area (Å²) in [7, 11) is 0. The lowest BCUT2D eigenvalue weighted by Crippen LogP contribution is -2.19. The number of nitrogens with two attached hydrogens (primary N) is 1. The van der Waals surface area contributed by atoms with Gasteiger partial charge in [0.05, 0.1) is 18.4 Å². The second-order valence-corrected chi connectivity index (χ2v) is 5.26.